The van der Waals surface area contributed by atoms with E-state index in [-0.39, 0.29) is 5.41 Å². The van der Waals surface area contributed by atoms with E-state index in [0.717, 1.165) is 104 Å². The summed E-state index contributed by atoms with van der Waals surface area (Å²) in [5.74, 6) is 2.99. The summed E-state index contributed by atoms with van der Waals surface area (Å²) in [6, 6.07) is 79.5. The van der Waals surface area contributed by atoms with Crippen LogP contribution in [0.4, 0.5) is 0 Å². The van der Waals surface area contributed by atoms with E-state index < -0.39 is 0 Å². The first kappa shape index (κ1) is 47.2. The Morgan fingerprint density at radius 3 is 1.79 bits per heavy atom. The predicted octanol–water partition coefficient (Wildman–Crippen LogP) is 18.6. The predicted molar refractivity (Wildman–Crippen MR) is 315 cm³/mol. The summed E-state index contributed by atoms with van der Waals surface area (Å²) in [4.78, 5) is 5.06. The van der Waals surface area contributed by atoms with Crippen LogP contribution in [0.3, 0.4) is 0 Å². The van der Waals surface area contributed by atoms with Gasteiger partial charge in [0, 0.05) is 6.20 Å². The zero-order chi connectivity index (χ0) is 51.8. The van der Waals surface area contributed by atoms with E-state index in [9.17, 15) is 0 Å². The van der Waals surface area contributed by atoms with Crippen molar-refractivity contribution in [3.63, 3.8) is 0 Å². The van der Waals surface area contributed by atoms with Crippen LogP contribution in [0.5, 0.6) is 11.5 Å². The van der Waals surface area contributed by atoms with Gasteiger partial charge in [-0.25, -0.2) is 0 Å². The minimum absolute atomic E-state index is 0.0419. The number of aromatic nitrogens is 5. The number of para-hydroxylation sites is 4. The number of fused-ring (bicyclic) bond motifs is 7. The molecule has 9 aromatic carbocycles. The molecule has 0 aliphatic heterocycles. The monoisotopic (exact) mass is 1180 g/mol. The molecule has 1 aliphatic rings. The van der Waals surface area contributed by atoms with Crippen LogP contribution in [0.1, 0.15) is 69.9 Å². The third-order valence-corrected chi connectivity index (χ3v) is 17.1. The molecule has 1 fully saturated rings. The molecule has 0 amide bonds. The Kier molecular flexibility index (Phi) is 11.7. The van der Waals surface area contributed by atoms with Crippen LogP contribution in [-0.4, -0.2) is 23.1 Å². The van der Waals surface area contributed by atoms with Gasteiger partial charge in [-0.3, -0.25) is 0 Å². The summed E-state index contributed by atoms with van der Waals surface area (Å²) in [6.07, 6.45) is 8.40. The molecule has 4 heterocycles. The summed E-state index contributed by atoms with van der Waals surface area (Å²) in [5, 5.41) is 4.73. The van der Waals surface area contributed by atoms with Crippen LogP contribution >= 0.6 is 0 Å². The fraction of sp³-hybridized carbons (Fsp3) is 0.143. The average molecular weight is 1180 g/mol. The van der Waals surface area contributed by atoms with Gasteiger partial charge in [-0.2, -0.15) is 0 Å². The molecule has 14 rings (SSSR count). The summed E-state index contributed by atoms with van der Waals surface area (Å²) in [6.45, 7) is 6.80. The first-order valence-corrected chi connectivity index (χ1v) is 28.2. The number of rotatable bonds is 8. The zero-order valence-electron chi connectivity index (χ0n) is 43.4. The Labute approximate surface area is 459 Å². The van der Waals surface area contributed by atoms with Crippen LogP contribution in [0, 0.1) is 3.80 Å². The quantitative estimate of drug-likeness (QED) is 0.152. The Balaban J connectivity index is 1.04. The fourth-order valence-corrected chi connectivity index (χ4v) is 13.4. The van der Waals surface area contributed by atoms with Crippen LogP contribution in [0.2, 0.25) is 0 Å². The summed E-state index contributed by atoms with van der Waals surface area (Å²) < 4.78 is 18.0. The van der Waals surface area contributed by atoms with Crippen molar-refractivity contribution in [2.45, 2.75) is 64.2 Å². The standard InChI is InChI=1S/C70H57N5O.Pt/c1-70(2,3)51-40-41-71-67(43-51)75-62-38-34-50(47-20-8-4-9-21-47)42-60(62)58-37-35-53(44-65(58)75)76-54-36-39-63-66(45-54)73-46-72(68-55(48-22-10-5-11-23-48)29-18-30-56(68)49-24-12-6-13-25-49)64-33-19-31-59(69(64)73)57-28-16-17-32-61(57)74(63)52-26-14-7-15-27-52;/h5-7,10-19,22-45,47H,4,8-9,20-21H2,1-3H3;. The Bertz CT molecular complexity index is 4460. The average Bonchev–Trinajstić information content (AvgIpc) is 4.15. The maximum absolute atomic E-state index is 7.21. The van der Waals surface area contributed by atoms with Gasteiger partial charge in [-0.05, 0) is 41.4 Å². The Morgan fingerprint density at radius 1 is 0.468 bits per heavy atom. The fourth-order valence-electron chi connectivity index (χ4n) is 12.3. The molecule has 77 heavy (non-hydrogen) atoms. The van der Waals surface area contributed by atoms with Gasteiger partial charge < -0.3 is 0 Å². The van der Waals surface area contributed by atoms with E-state index in [4.69, 9.17) is 9.72 Å². The molecule has 0 radical (unpaired) electrons. The maximum atomic E-state index is 7.21. The molecule has 1 saturated carbocycles. The van der Waals surface area contributed by atoms with Crippen LogP contribution in [0.25, 0.3) is 99.6 Å². The molecule has 1 aliphatic carbocycles. The van der Waals surface area contributed by atoms with E-state index in [0.29, 0.717) is 5.92 Å². The van der Waals surface area contributed by atoms with Crippen molar-refractivity contribution in [1.82, 2.24) is 23.1 Å². The molecular formula is C70H57N5OPt. The second-order valence-corrected chi connectivity index (χ2v) is 22.8. The van der Waals surface area contributed by atoms with Gasteiger partial charge in [0.2, 0.25) is 0 Å². The SMILES string of the molecule is CC(C)(C)c1ccnc(-n2c3ccc(C4CCCCC4)cc3c3ccc(Oc4ccc5c(c4)n4[c](=[Pt])n(-c6c(-c7ccccc7)cccc6-c6ccccc6)c6cccc(c7ccccc7n5-c5ccccc5)c64)cc32)c1. The number of pyridine rings is 1. The molecule has 7 heteroatoms. The summed E-state index contributed by atoms with van der Waals surface area (Å²) in [5.41, 5.74) is 17.0. The van der Waals surface area contributed by atoms with Crippen molar-refractivity contribution in [2.75, 3.05) is 0 Å². The zero-order valence-corrected chi connectivity index (χ0v) is 45.7. The molecule has 0 saturated heterocycles. The van der Waals surface area contributed by atoms with Crippen molar-refractivity contribution in [1.29, 1.82) is 0 Å². The molecule has 4 aromatic heterocycles. The number of hydrogen-bond donors (Lipinski definition) is 0. The van der Waals surface area contributed by atoms with Crippen molar-refractivity contribution >= 4 is 60.2 Å². The summed E-state index contributed by atoms with van der Waals surface area (Å²) >= 11 is 2.58. The van der Waals surface area contributed by atoms with Gasteiger partial charge in [0.15, 0.2) is 0 Å². The molecule has 13 aromatic rings. The van der Waals surface area contributed by atoms with Gasteiger partial charge >= 0.3 is 368 Å². The van der Waals surface area contributed by atoms with E-state index in [1.54, 1.807) is 0 Å². The molecule has 0 bridgehead atoms. The normalized spacial score (nSPS) is 13.4. The number of hydrogen-bond acceptors (Lipinski definition) is 2. The third-order valence-electron chi connectivity index (χ3n) is 16.0. The van der Waals surface area contributed by atoms with Crippen LogP contribution in [0.15, 0.2) is 225 Å². The number of nitrogens with zero attached hydrogens (tertiary/aromatic N) is 5. The van der Waals surface area contributed by atoms with E-state index >= 15 is 0 Å². The topological polar surface area (TPSA) is 41.3 Å². The number of imidazole rings is 1. The van der Waals surface area contributed by atoms with Crippen molar-refractivity contribution < 1.29 is 24.1 Å². The first-order chi connectivity index (χ1) is 37.8. The summed E-state index contributed by atoms with van der Waals surface area (Å²) in [7, 11) is 0. The molecular weight excluding hydrogens is 1120 g/mol. The van der Waals surface area contributed by atoms with Crippen molar-refractivity contribution in [2.24, 2.45) is 0 Å². The van der Waals surface area contributed by atoms with Gasteiger partial charge in [0.1, 0.15) is 0 Å². The molecule has 0 unspecified atom stereocenters. The molecule has 378 valence electrons. The first-order valence-electron chi connectivity index (χ1n) is 27.0. The molecule has 0 spiro atoms. The number of ether oxygens (including phenoxy) is 1. The number of benzene rings is 9. The van der Waals surface area contributed by atoms with E-state index in [1.807, 2.05) is 6.20 Å². The van der Waals surface area contributed by atoms with Crippen LogP contribution < -0.4 is 4.74 Å². The van der Waals surface area contributed by atoms with Crippen molar-refractivity contribution in [3.8, 4) is 50.9 Å². The van der Waals surface area contributed by atoms with Gasteiger partial charge in [0.05, 0.1) is 0 Å². The van der Waals surface area contributed by atoms with Crippen molar-refractivity contribution in [3.05, 3.63) is 240 Å². The molecule has 0 atom stereocenters. The van der Waals surface area contributed by atoms with Gasteiger partial charge in [0.25, 0.3) is 0 Å². The van der Waals surface area contributed by atoms with Crippen LogP contribution in [-0.2, 0) is 24.8 Å². The second kappa shape index (κ2) is 19.1. The Hall–Kier alpha value is -8.31. The minimum atomic E-state index is -0.0419. The van der Waals surface area contributed by atoms with Gasteiger partial charge in [-0.15, -0.1) is 0 Å². The third kappa shape index (κ3) is 8.12. The molecule has 6 nitrogen and oxygen atoms in total. The second-order valence-electron chi connectivity index (χ2n) is 21.7. The van der Waals surface area contributed by atoms with Gasteiger partial charge in [-0.1, -0.05) is 46.1 Å². The van der Waals surface area contributed by atoms with E-state index in [1.165, 1.54) is 54.0 Å². The van der Waals surface area contributed by atoms with E-state index in [2.05, 4.69) is 277 Å². The molecule has 0 N–H and O–H groups in total. The Morgan fingerprint density at radius 2 is 1.06 bits per heavy atom.